The predicted molar refractivity (Wildman–Crippen MR) is 85.8 cm³/mol. The Morgan fingerprint density at radius 2 is 1.76 bits per heavy atom. The van der Waals surface area contributed by atoms with Crippen molar-refractivity contribution in [2.75, 3.05) is 11.5 Å². The molecule has 3 rings (SSSR count). The molecule has 1 aromatic carbocycles. The molecule has 13 heteroatoms. The van der Waals surface area contributed by atoms with Crippen LogP contribution < -0.4 is 16.1 Å². The maximum Gasteiger partial charge on any atom is 0.431 e. The van der Waals surface area contributed by atoms with Gasteiger partial charge in [0.05, 0.1) is 16.9 Å². The lowest BCUT2D eigenvalue weighted by Crippen LogP contribution is -2.41. The van der Waals surface area contributed by atoms with Crippen LogP contribution in [-0.4, -0.2) is 27.7 Å². The molecule has 0 saturated carbocycles. The van der Waals surface area contributed by atoms with Crippen LogP contribution in [0.25, 0.3) is 5.69 Å². The number of halogens is 4. The normalized spacial score (nSPS) is 14.1. The van der Waals surface area contributed by atoms with Gasteiger partial charge in [-0.1, -0.05) is 0 Å². The Bertz CT molecular complexity index is 1210. The van der Waals surface area contributed by atoms with Crippen LogP contribution in [0.3, 0.4) is 0 Å². The lowest BCUT2D eigenvalue weighted by atomic mass is 10.1. The fourth-order valence-corrected chi connectivity index (χ4v) is 2.70. The summed E-state index contributed by atoms with van der Waals surface area (Å²) in [4.78, 5) is 48.5. The first-order valence-corrected chi connectivity index (χ1v) is 7.61. The highest BCUT2D eigenvalue weighted by Crippen LogP contribution is 2.29. The third kappa shape index (κ3) is 3.14. The number of nitrogens with zero attached hydrogens (tertiary/aromatic N) is 4. The highest BCUT2D eigenvalue weighted by Gasteiger charge is 2.37. The summed E-state index contributed by atoms with van der Waals surface area (Å²) < 4.78 is 58.1. The third-order valence-corrected chi connectivity index (χ3v) is 4.03. The molecule has 1 aromatic heterocycles. The van der Waals surface area contributed by atoms with E-state index in [0.29, 0.717) is 17.0 Å². The van der Waals surface area contributed by atoms with E-state index in [1.807, 2.05) is 0 Å². The molecule has 1 aliphatic rings. The van der Waals surface area contributed by atoms with Crippen molar-refractivity contribution >= 4 is 17.7 Å². The monoisotopic (exact) mass is 412 g/mol. The van der Waals surface area contributed by atoms with Crippen LogP contribution >= 0.6 is 0 Å². The van der Waals surface area contributed by atoms with Crippen molar-refractivity contribution in [2.45, 2.75) is 6.18 Å². The first-order valence-electron chi connectivity index (χ1n) is 7.61. The predicted octanol–water partition coefficient (Wildman–Crippen LogP) is 1.05. The Morgan fingerprint density at radius 3 is 2.28 bits per heavy atom. The van der Waals surface area contributed by atoms with Crippen LogP contribution in [-0.2, 0) is 22.8 Å². The van der Waals surface area contributed by atoms with Crippen molar-refractivity contribution in [1.82, 2.24) is 9.13 Å². The molecular weight excluding hydrogens is 404 g/mol. The minimum atomic E-state index is -5.02. The fraction of sp³-hybridized carbons (Fsp3) is 0.188. The molecule has 2 amide bonds. The second kappa shape index (κ2) is 6.59. The fourth-order valence-electron chi connectivity index (χ4n) is 2.70. The van der Waals surface area contributed by atoms with Crippen molar-refractivity contribution in [3.05, 3.63) is 56.1 Å². The van der Waals surface area contributed by atoms with Crippen LogP contribution in [0.5, 0.6) is 0 Å². The quantitative estimate of drug-likeness (QED) is 0.682. The molecule has 0 atom stereocenters. The van der Waals surface area contributed by atoms with E-state index in [4.69, 9.17) is 5.26 Å². The number of carbonyl (C=O) groups is 2. The van der Waals surface area contributed by atoms with E-state index in [-0.39, 0.29) is 15.2 Å². The van der Waals surface area contributed by atoms with Gasteiger partial charge in [-0.2, -0.15) is 18.4 Å². The summed E-state index contributed by atoms with van der Waals surface area (Å²) >= 11 is 0. The molecule has 2 aromatic rings. The molecule has 0 spiro atoms. The number of aromatic nitrogens is 2. The number of anilines is 1. The van der Waals surface area contributed by atoms with E-state index in [0.717, 1.165) is 7.05 Å². The van der Waals surface area contributed by atoms with Crippen LogP contribution in [0.4, 0.5) is 28.0 Å². The molecule has 0 radical (unpaired) electrons. The zero-order valence-electron chi connectivity index (χ0n) is 14.3. The van der Waals surface area contributed by atoms with Crippen LogP contribution in [0.1, 0.15) is 11.3 Å². The standard InChI is InChI=1S/C16H8F4N4O5/c1-22-11(16(18,19)20)4-12(25)23(14(22)27)10-3-9(7(5-21)2-8(10)17)24-13(26)6-29-15(24)28/h2-4H,6H2,1H3. The molecule has 150 valence electrons. The van der Waals surface area contributed by atoms with Crippen LogP contribution in [0.15, 0.2) is 27.8 Å². The van der Waals surface area contributed by atoms with E-state index in [2.05, 4.69) is 4.74 Å². The maximum atomic E-state index is 14.5. The zero-order valence-corrected chi connectivity index (χ0v) is 14.3. The number of carbonyl (C=O) groups excluding carboxylic acids is 2. The highest BCUT2D eigenvalue weighted by atomic mass is 19.4. The molecule has 0 aliphatic carbocycles. The van der Waals surface area contributed by atoms with Gasteiger partial charge in [0.1, 0.15) is 17.6 Å². The van der Waals surface area contributed by atoms with Crippen LogP contribution in [0.2, 0.25) is 0 Å². The molecule has 1 fully saturated rings. The minimum Gasteiger partial charge on any atom is -0.439 e. The van der Waals surface area contributed by atoms with Crippen molar-refractivity contribution < 1.29 is 31.9 Å². The molecule has 1 aliphatic heterocycles. The molecule has 1 saturated heterocycles. The Balaban J connectivity index is 2.33. The number of hydrogen-bond acceptors (Lipinski definition) is 6. The minimum absolute atomic E-state index is 0.0844. The van der Waals surface area contributed by atoms with Gasteiger partial charge >= 0.3 is 18.0 Å². The number of amides is 2. The molecule has 9 nitrogen and oxygen atoms in total. The van der Waals surface area contributed by atoms with Gasteiger partial charge < -0.3 is 4.74 Å². The van der Waals surface area contributed by atoms with Crippen molar-refractivity contribution in [1.29, 1.82) is 5.26 Å². The SMILES string of the molecule is Cn1c(C(F)(F)F)cc(=O)n(-c2cc(N3C(=O)COC3=O)c(C#N)cc2F)c1=O. The summed E-state index contributed by atoms with van der Waals surface area (Å²) in [7, 11) is 0.727. The Morgan fingerprint density at radius 1 is 1.10 bits per heavy atom. The average Bonchev–Trinajstić information content (AvgIpc) is 2.96. The summed E-state index contributed by atoms with van der Waals surface area (Å²) in [6.45, 7) is -0.654. The van der Waals surface area contributed by atoms with Crippen molar-refractivity contribution in [3.8, 4) is 11.8 Å². The summed E-state index contributed by atoms with van der Waals surface area (Å²) in [5.41, 5.74) is -6.46. The molecule has 2 heterocycles. The van der Waals surface area contributed by atoms with Gasteiger partial charge in [-0.25, -0.2) is 23.4 Å². The number of alkyl halides is 3. The van der Waals surface area contributed by atoms with Gasteiger partial charge in [-0.3, -0.25) is 14.2 Å². The second-order valence-corrected chi connectivity index (χ2v) is 5.76. The van der Waals surface area contributed by atoms with E-state index >= 15 is 0 Å². The summed E-state index contributed by atoms with van der Waals surface area (Å²) in [5, 5.41) is 9.15. The number of ether oxygens (including phenoxy) is 1. The van der Waals surface area contributed by atoms with Gasteiger partial charge in [-0.15, -0.1) is 0 Å². The Kier molecular flexibility index (Phi) is 4.50. The largest absolute Gasteiger partial charge is 0.439 e. The lowest BCUT2D eigenvalue weighted by Gasteiger charge is -2.17. The van der Waals surface area contributed by atoms with E-state index in [1.165, 1.54) is 0 Å². The summed E-state index contributed by atoms with van der Waals surface area (Å²) in [5.74, 6) is -2.22. The van der Waals surface area contributed by atoms with Gasteiger partial charge in [0.25, 0.3) is 11.5 Å². The number of hydrogen-bond donors (Lipinski definition) is 0. The second-order valence-electron chi connectivity index (χ2n) is 5.76. The number of imide groups is 1. The first kappa shape index (κ1) is 19.8. The maximum absolute atomic E-state index is 14.5. The van der Waals surface area contributed by atoms with E-state index in [9.17, 15) is 36.7 Å². The molecule has 0 bridgehead atoms. The smallest absolute Gasteiger partial charge is 0.431 e. The van der Waals surface area contributed by atoms with Gasteiger partial charge in [0.2, 0.25) is 0 Å². The molecule has 0 unspecified atom stereocenters. The van der Waals surface area contributed by atoms with Crippen molar-refractivity contribution in [3.63, 3.8) is 0 Å². The first-order chi connectivity index (χ1) is 13.5. The van der Waals surface area contributed by atoms with Gasteiger partial charge in [0.15, 0.2) is 6.61 Å². The number of cyclic esters (lactones) is 1. The van der Waals surface area contributed by atoms with E-state index in [1.54, 1.807) is 6.07 Å². The molecule has 0 N–H and O–H groups in total. The Hall–Kier alpha value is -3.95. The topological polar surface area (TPSA) is 114 Å². The highest BCUT2D eigenvalue weighted by molar-refractivity contribution is 6.17. The summed E-state index contributed by atoms with van der Waals surface area (Å²) in [6, 6.07) is 2.83. The average molecular weight is 412 g/mol. The lowest BCUT2D eigenvalue weighted by molar-refractivity contribution is -0.144. The van der Waals surface area contributed by atoms with Gasteiger partial charge in [-0.05, 0) is 12.1 Å². The zero-order chi connectivity index (χ0) is 21.7. The van der Waals surface area contributed by atoms with E-state index < -0.39 is 64.5 Å². The number of nitriles is 1. The number of benzene rings is 1. The third-order valence-electron chi connectivity index (χ3n) is 4.03. The summed E-state index contributed by atoms with van der Waals surface area (Å²) in [6.07, 6.45) is -6.21. The molecule has 29 heavy (non-hydrogen) atoms. The Labute approximate surface area is 157 Å². The van der Waals surface area contributed by atoms with Crippen LogP contribution in [0, 0.1) is 17.1 Å². The van der Waals surface area contributed by atoms with Crippen molar-refractivity contribution in [2.24, 2.45) is 7.05 Å². The van der Waals surface area contributed by atoms with Gasteiger partial charge in [0, 0.05) is 13.1 Å². The molecular formula is C16H8F4N4O5. The number of rotatable bonds is 2.